The molecule has 2 unspecified atom stereocenters. The highest BCUT2D eigenvalue weighted by Crippen LogP contribution is 2.80. The third kappa shape index (κ3) is 2.88. The molecule has 0 radical (unpaired) electrons. The van der Waals surface area contributed by atoms with Gasteiger partial charge < -0.3 is 9.79 Å². The Bertz CT molecular complexity index is 514. The van der Waals surface area contributed by atoms with E-state index >= 15 is 0 Å². The van der Waals surface area contributed by atoms with Gasteiger partial charge in [-0.05, 0) is 17.7 Å². The molecule has 2 atom stereocenters. The molecule has 0 spiro atoms. The number of nitrogens with one attached hydrogen (secondary N) is 1. The van der Waals surface area contributed by atoms with Crippen LogP contribution in [-0.2, 0) is 20.0 Å². The highest BCUT2D eigenvalue weighted by molar-refractivity contribution is 9.10. The Hall–Kier alpha value is -0.0000000000000000555. The molecular weight excluding hydrogens is 332 g/mol. The van der Waals surface area contributed by atoms with E-state index in [2.05, 4.69) is 25.6 Å². The first-order valence-electron chi connectivity index (χ1n) is 4.65. The van der Waals surface area contributed by atoms with Crippen LogP contribution in [0, 0.1) is 0 Å². The summed E-state index contributed by atoms with van der Waals surface area (Å²) < 4.78 is 27.4. The van der Waals surface area contributed by atoms with Crippen LogP contribution in [0.25, 0.3) is 0 Å². The number of halogens is 1. The second-order valence-electron chi connectivity index (χ2n) is 3.59. The second-order valence-corrected chi connectivity index (χ2v) is 8.86. The van der Waals surface area contributed by atoms with Gasteiger partial charge in [0.1, 0.15) is 0 Å². The summed E-state index contributed by atoms with van der Waals surface area (Å²) in [7, 11) is -7.96. The molecule has 1 aromatic rings. The molecule has 2 rings (SSSR count). The van der Waals surface area contributed by atoms with E-state index in [1.807, 2.05) is 6.07 Å². The minimum Gasteiger partial charge on any atom is -0.322 e. The van der Waals surface area contributed by atoms with Gasteiger partial charge in [0.2, 0.25) is 5.52 Å². The fourth-order valence-corrected chi connectivity index (χ4v) is 5.78. The summed E-state index contributed by atoms with van der Waals surface area (Å²) in [6.45, 7) is 0.211. The van der Waals surface area contributed by atoms with Gasteiger partial charge >= 0.3 is 15.2 Å². The summed E-state index contributed by atoms with van der Waals surface area (Å²) in [6.07, 6.45) is 0. The van der Waals surface area contributed by atoms with E-state index in [1.54, 1.807) is 18.2 Å². The molecule has 17 heavy (non-hydrogen) atoms. The third-order valence-electron chi connectivity index (χ3n) is 2.23. The molecule has 0 amide bonds. The van der Waals surface area contributed by atoms with Crippen LogP contribution in [0.2, 0.25) is 0 Å². The first-order valence-corrected chi connectivity index (χ1v) is 8.74. The van der Waals surface area contributed by atoms with Crippen LogP contribution in [0.15, 0.2) is 28.7 Å². The first-order chi connectivity index (χ1) is 7.81. The summed E-state index contributed by atoms with van der Waals surface area (Å²) in [5.41, 5.74) is -0.569. The Labute approximate surface area is 106 Å². The van der Waals surface area contributed by atoms with Crippen LogP contribution in [0.1, 0.15) is 5.56 Å². The Morgan fingerprint density at radius 1 is 1.35 bits per heavy atom. The Morgan fingerprint density at radius 3 is 2.53 bits per heavy atom. The molecule has 0 aliphatic carbocycles. The summed E-state index contributed by atoms with van der Waals surface area (Å²) in [6, 6.07) is 7.23. The molecule has 1 aliphatic heterocycles. The van der Waals surface area contributed by atoms with Gasteiger partial charge in [0.25, 0.3) is 0 Å². The SMILES string of the molecule is O=P1(O)OP(=O)(O)C1NCc1cccc(Br)c1. The van der Waals surface area contributed by atoms with Crippen molar-refractivity contribution in [3.8, 4) is 0 Å². The van der Waals surface area contributed by atoms with Crippen molar-refractivity contribution in [3.63, 3.8) is 0 Å². The molecule has 6 nitrogen and oxygen atoms in total. The standard InChI is InChI=1S/C8H10BrNO5P2/c9-7-3-1-2-6(4-7)5-10-8-16(11,12)15-17(8,13)14/h1-4,8,10H,5H2,(H,11,12)(H,13,14). The zero-order valence-corrected chi connectivity index (χ0v) is 11.9. The van der Waals surface area contributed by atoms with Gasteiger partial charge in [-0.1, -0.05) is 28.1 Å². The maximum absolute atomic E-state index is 11.2. The predicted octanol–water partition coefficient (Wildman–Crippen LogP) is 2.22. The van der Waals surface area contributed by atoms with Crippen LogP contribution in [0.5, 0.6) is 0 Å². The Morgan fingerprint density at radius 2 is 2.00 bits per heavy atom. The molecule has 0 aromatic heterocycles. The lowest BCUT2D eigenvalue weighted by Crippen LogP contribution is -2.35. The van der Waals surface area contributed by atoms with Gasteiger partial charge in [0.05, 0.1) is 0 Å². The van der Waals surface area contributed by atoms with Gasteiger partial charge in [-0.2, -0.15) is 0 Å². The zero-order chi connectivity index (χ0) is 12.7. The van der Waals surface area contributed by atoms with E-state index in [-0.39, 0.29) is 6.54 Å². The van der Waals surface area contributed by atoms with E-state index in [1.165, 1.54) is 0 Å². The summed E-state index contributed by atoms with van der Waals surface area (Å²) in [5, 5.41) is 2.57. The highest BCUT2D eigenvalue weighted by atomic mass is 79.9. The molecule has 0 saturated carbocycles. The largest absolute Gasteiger partial charge is 0.364 e. The monoisotopic (exact) mass is 341 g/mol. The molecule has 1 aromatic carbocycles. The molecule has 3 N–H and O–H groups in total. The van der Waals surface area contributed by atoms with Crippen molar-refractivity contribution in [2.24, 2.45) is 0 Å². The minimum atomic E-state index is -3.98. The Balaban J connectivity index is 2.04. The van der Waals surface area contributed by atoms with Gasteiger partial charge in [0, 0.05) is 11.0 Å². The minimum absolute atomic E-state index is 0.211. The molecule has 1 saturated heterocycles. The average molecular weight is 342 g/mol. The van der Waals surface area contributed by atoms with Gasteiger partial charge in [-0.15, -0.1) is 0 Å². The molecular formula is C8H10BrNO5P2. The van der Waals surface area contributed by atoms with Crippen LogP contribution >= 0.6 is 31.1 Å². The lowest BCUT2D eigenvalue weighted by molar-refractivity contribution is 0.276. The maximum atomic E-state index is 11.2. The number of hydrogen-bond acceptors (Lipinski definition) is 4. The maximum Gasteiger partial charge on any atom is 0.364 e. The van der Waals surface area contributed by atoms with Crippen molar-refractivity contribution >= 4 is 31.1 Å². The number of benzene rings is 1. The number of hydrogen-bond donors (Lipinski definition) is 3. The molecule has 1 fully saturated rings. The van der Waals surface area contributed by atoms with Crippen LogP contribution in [0.3, 0.4) is 0 Å². The highest BCUT2D eigenvalue weighted by Gasteiger charge is 2.61. The topological polar surface area (TPSA) is 95.9 Å². The van der Waals surface area contributed by atoms with Crippen LogP contribution < -0.4 is 5.32 Å². The smallest absolute Gasteiger partial charge is 0.322 e. The van der Waals surface area contributed by atoms with E-state index < -0.39 is 20.7 Å². The average Bonchev–Trinajstić information content (AvgIpc) is 2.14. The van der Waals surface area contributed by atoms with Crippen molar-refractivity contribution in [2.45, 2.75) is 12.1 Å². The van der Waals surface area contributed by atoms with Crippen LogP contribution in [-0.4, -0.2) is 15.3 Å². The summed E-state index contributed by atoms with van der Waals surface area (Å²) >= 11 is 3.28. The second kappa shape index (κ2) is 4.59. The van der Waals surface area contributed by atoms with Crippen molar-refractivity contribution < 1.29 is 23.2 Å². The van der Waals surface area contributed by atoms with E-state index in [0.29, 0.717) is 0 Å². The van der Waals surface area contributed by atoms with Crippen molar-refractivity contribution in [3.05, 3.63) is 34.3 Å². The molecule has 1 aliphatic rings. The van der Waals surface area contributed by atoms with Crippen LogP contribution in [0.4, 0.5) is 0 Å². The third-order valence-corrected chi connectivity index (χ3v) is 7.95. The molecule has 0 bridgehead atoms. The van der Waals surface area contributed by atoms with E-state index in [0.717, 1.165) is 10.0 Å². The molecule has 94 valence electrons. The lowest BCUT2D eigenvalue weighted by atomic mass is 10.2. The quantitative estimate of drug-likeness (QED) is 0.729. The number of rotatable bonds is 3. The normalized spacial score (nSPS) is 36.5. The van der Waals surface area contributed by atoms with Gasteiger partial charge in [-0.25, -0.2) is 4.31 Å². The fraction of sp³-hybridized carbons (Fsp3) is 0.250. The lowest BCUT2D eigenvalue weighted by Gasteiger charge is -2.35. The predicted molar refractivity (Wildman–Crippen MR) is 65.5 cm³/mol. The van der Waals surface area contributed by atoms with Crippen molar-refractivity contribution in [2.75, 3.05) is 0 Å². The first kappa shape index (κ1) is 13.4. The van der Waals surface area contributed by atoms with E-state index in [4.69, 9.17) is 0 Å². The molecule has 1 heterocycles. The summed E-state index contributed by atoms with van der Waals surface area (Å²) in [4.78, 5) is 18.3. The van der Waals surface area contributed by atoms with Crippen molar-refractivity contribution in [1.29, 1.82) is 0 Å². The van der Waals surface area contributed by atoms with Gasteiger partial charge in [-0.3, -0.25) is 14.4 Å². The fourth-order valence-electron chi connectivity index (χ4n) is 1.49. The Kier molecular flexibility index (Phi) is 3.63. The summed E-state index contributed by atoms with van der Waals surface area (Å²) in [5.74, 6) is 0. The van der Waals surface area contributed by atoms with E-state index in [9.17, 15) is 18.9 Å². The zero-order valence-electron chi connectivity index (χ0n) is 8.49. The molecule has 9 heteroatoms. The van der Waals surface area contributed by atoms with Gasteiger partial charge in [0.15, 0.2) is 0 Å². The van der Waals surface area contributed by atoms with Crippen molar-refractivity contribution in [1.82, 2.24) is 5.32 Å².